The second-order valence-electron chi connectivity index (χ2n) is 6.78. The van der Waals surface area contributed by atoms with E-state index in [0.29, 0.717) is 34.5 Å². The summed E-state index contributed by atoms with van der Waals surface area (Å²) in [5, 5.41) is 17.0. The predicted octanol–water partition coefficient (Wildman–Crippen LogP) is 2.08. The number of hydrogen-bond donors (Lipinski definition) is 2. The van der Waals surface area contributed by atoms with Gasteiger partial charge in [0, 0.05) is 25.5 Å². The molecule has 0 saturated carbocycles. The third-order valence-corrected chi connectivity index (χ3v) is 6.74. The Kier molecular flexibility index (Phi) is 4.21. The molecule has 1 atom stereocenters. The molecule has 1 aliphatic rings. The van der Waals surface area contributed by atoms with Crippen LogP contribution < -0.4 is 10.9 Å². The molecule has 0 radical (unpaired) electrons. The van der Waals surface area contributed by atoms with Crippen LogP contribution in [0.2, 0.25) is 0 Å². The fourth-order valence-electron chi connectivity index (χ4n) is 3.40. The Labute approximate surface area is 161 Å². The third-order valence-electron chi connectivity index (χ3n) is 4.84. The fourth-order valence-corrected chi connectivity index (χ4v) is 4.74. The summed E-state index contributed by atoms with van der Waals surface area (Å²) in [7, 11) is -1.89. The Morgan fingerprint density at radius 2 is 2.18 bits per heavy atom. The zero-order valence-electron chi connectivity index (χ0n) is 15.3. The van der Waals surface area contributed by atoms with Crippen molar-refractivity contribution in [3.05, 3.63) is 46.4 Å². The normalized spacial score (nSPS) is 16.6. The van der Waals surface area contributed by atoms with Crippen LogP contribution in [0.5, 0.6) is 0 Å². The number of aromatic nitrogens is 3. The van der Waals surface area contributed by atoms with Crippen LogP contribution in [-0.2, 0) is 16.6 Å². The summed E-state index contributed by atoms with van der Waals surface area (Å²) in [6.07, 6.45) is 1.80. The highest BCUT2D eigenvalue weighted by atomic mass is 32.2. The SMILES string of the molecule is C[C@@H](CC#N)n1nc(Nc2ccc3c(c2)CN(C)S3(=O)=O)c2c(=O)[nH]ccc21. The number of sulfonamides is 1. The minimum absolute atomic E-state index is 0.205. The van der Waals surface area contributed by atoms with Gasteiger partial charge in [-0.15, -0.1) is 0 Å². The van der Waals surface area contributed by atoms with E-state index < -0.39 is 10.0 Å². The Morgan fingerprint density at radius 3 is 2.93 bits per heavy atom. The van der Waals surface area contributed by atoms with Crippen molar-refractivity contribution in [2.24, 2.45) is 0 Å². The molecule has 2 aromatic heterocycles. The van der Waals surface area contributed by atoms with Gasteiger partial charge in [-0.3, -0.25) is 9.48 Å². The first-order valence-corrected chi connectivity index (χ1v) is 10.1. The van der Waals surface area contributed by atoms with Gasteiger partial charge in [0.25, 0.3) is 5.56 Å². The second kappa shape index (κ2) is 6.47. The standard InChI is InChI=1S/C18H18N6O3S/c1-11(5-7-19)24-14-6-8-20-18(25)16(14)17(22-24)21-13-3-4-15-12(9-13)10-23(2)28(15,26)27/h3-4,6,8-9,11H,5,10H2,1-2H3,(H,20,25)(H,21,22)/t11-/m0/s1. The molecule has 0 saturated heterocycles. The maximum absolute atomic E-state index is 12.4. The minimum Gasteiger partial charge on any atom is -0.338 e. The van der Waals surface area contributed by atoms with Crippen molar-refractivity contribution in [2.75, 3.05) is 12.4 Å². The largest absolute Gasteiger partial charge is 0.338 e. The zero-order chi connectivity index (χ0) is 20.1. The van der Waals surface area contributed by atoms with E-state index in [1.165, 1.54) is 11.4 Å². The van der Waals surface area contributed by atoms with Gasteiger partial charge >= 0.3 is 0 Å². The smallest absolute Gasteiger partial charge is 0.261 e. The van der Waals surface area contributed by atoms with Gasteiger partial charge in [-0.25, -0.2) is 8.42 Å². The Bertz CT molecular complexity index is 1280. The van der Waals surface area contributed by atoms with Crippen LogP contribution in [0.15, 0.2) is 40.2 Å². The molecule has 0 aliphatic carbocycles. The molecule has 9 nitrogen and oxygen atoms in total. The predicted molar refractivity (Wildman–Crippen MR) is 104 cm³/mol. The highest BCUT2D eigenvalue weighted by Crippen LogP contribution is 2.32. The molecule has 0 amide bonds. The van der Waals surface area contributed by atoms with Crippen LogP contribution in [0, 0.1) is 11.3 Å². The molecular weight excluding hydrogens is 380 g/mol. The molecule has 1 aromatic carbocycles. The van der Waals surface area contributed by atoms with Crippen molar-refractivity contribution in [3.8, 4) is 6.07 Å². The molecule has 2 N–H and O–H groups in total. The second-order valence-corrected chi connectivity index (χ2v) is 8.79. The average molecular weight is 398 g/mol. The van der Waals surface area contributed by atoms with E-state index in [9.17, 15) is 13.2 Å². The fraction of sp³-hybridized carbons (Fsp3) is 0.278. The average Bonchev–Trinajstić information content (AvgIpc) is 3.11. The molecule has 1 aliphatic heterocycles. The topological polar surface area (TPSA) is 124 Å². The number of fused-ring (bicyclic) bond motifs is 2. The summed E-state index contributed by atoms with van der Waals surface area (Å²) in [6.45, 7) is 2.15. The first kappa shape index (κ1) is 18.2. The number of H-pyrrole nitrogens is 1. The number of nitriles is 1. The minimum atomic E-state index is -3.43. The van der Waals surface area contributed by atoms with Gasteiger partial charge in [0.15, 0.2) is 5.82 Å². The molecule has 4 rings (SSSR count). The van der Waals surface area contributed by atoms with E-state index in [1.54, 1.807) is 35.1 Å². The summed E-state index contributed by atoms with van der Waals surface area (Å²) in [4.78, 5) is 15.3. The number of nitrogens with one attached hydrogen (secondary N) is 2. The molecule has 0 fully saturated rings. The van der Waals surface area contributed by atoms with Gasteiger partial charge in [-0.2, -0.15) is 14.7 Å². The van der Waals surface area contributed by atoms with Gasteiger partial charge in [0.2, 0.25) is 10.0 Å². The molecule has 144 valence electrons. The summed E-state index contributed by atoms with van der Waals surface area (Å²) < 4.78 is 27.4. The lowest BCUT2D eigenvalue weighted by molar-refractivity contribution is 0.488. The Morgan fingerprint density at radius 1 is 1.39 bits per heavy atom. The van der Waals surface area contributed by atoms with E-state index in [1.807, 2.05) is 6.92 Å². The highest BCUT2D eigenvalue weighted by molar-refractivity contribution is 7.89. The van der Waals surface area contributed by atoms with Crippen LogP contribution in [0.25, 0.3) is 10.9 Å². The Balaban J connectivity index is 1.79. The summed E-state index contributed by atoms with van der Waals surface area (Å²) >= 11 is 0. The van der Waals surface area contributed by atoms with Gasteiger partial charge in [0.1, 0.15) is 5.39 Å². The van der Waals surface area contributed by atoms with Crippen molar-refractivity contribution in [1.82, 2.24) is 19.1 Å². The number of benzene rings is 1. The van der Waals surface area contributed by atoms with Crippen molar-refractivity contribution < 1.29 is 8.42 Å². The number of rotatable bonds is 4. The molecule has 28 heavy (non-hydrogen) atoms. The molecular formula is C18H18N6O3S. The maximum atomic E-state index is 12.4. The first-order valence-electron chi connectivity index (χ1n) is 8.66. The maximum Gasteiger partial charge on any atom is 0.261 e. The monoisotopic (exact) mass is 398 g/mol. The number of nitrogens with zero attached hydrogens (tertiary/aromatic N) is 4. The van der Waals surface area contributed by atoms with Crippen molar-refractivity contribution >= 4 is 32.4 Å². The molecule has 0 spiro atoms. The van der Waals surface area contributed by atoms with Crippen LogP contribution >= 0.6 is 0 Å². The zero-order valence-corrected chi connectivity index (χ0v) is 16.1. The van der Waals surface area contributed by atoms with Crippen LogP contribution in [0.3, 0.4) is 0 Å². The van der Waals surface area contributed by atoms with Gasteiger partial charge in [0.05, 0.1) is 28.9 Å². The Hall–Kier alpha value is -3.16. The molecule has 3 aromatic rings. The quantitative estimate of drug-likeness (QED) is 0.693. The van der Waals surface area contributed by atoms with E-state index in [2.05, 4.69) is 21.5 Å². The number of hydrogen-bond acceptors (Lipinski definition) is 6. The summed E-state index contributed by atoms with van der Waals surface area (Å²) in [6, 6.07) is 8.60. The van der Waals surface area contributed by atoms with E-state index in [-0.39, 0.29) is 22.9 Å². The molecule has 3 heterocycles. The van der Waals surface area contributed by atoms with Crippen LogP contribution in [0.1, 0.15) is 24.9 Å². The first-order chi connectivity index (χ1) is 13.3. The molecule has 0 unspecified atom stereocenters. The van der Waals surface area contributed by atoms with E-state index in [0.717, 1.165) is 0 Å². The lowest BCUT2D eigenvalue weighted by atomic mass is 10.2. The number of anilines is 2. The lowest BCUT2D eigenvalue weighted by Gasteiger charge is -2.09. The van der Waals surface area contributed by atoms with Gasteiger partial charge in [-0.1, -0.05) is 0 Å². The van der Waals surface area contributed by atoms with Crippen LogP contribution in [0.4, 0.5) is 11.5 Å². The molecule has 10 heteroatoms. The van der Waals surface area contributed by atoms with Gasteiger partial charge < -0.3 is 10.3 Å². The van der Waals surface area contributed by atoms with E-state index in [4.69, 9.17) is 5.26 Å². The number of pyridine rings is 1. The van der Waals surface area contributed by atoms with Gasteiger partial charge in [-0.05, 0) is 36.8 Å². The lowest BCUT2D eigenvalue weighted by Crippen LogP contribution is -2.18. The van der Waals surface area contributed by atoms with Crippen molar-refractivity contribution in [3.63, 3.8) is 0 Å². The highest BCUT2D eigenvalue weighted by Gasteiger charge is 2.31. The third kappa shape index (κ3) is 2.76. The molecule has 0 bridgehead atoms. The van der Waals surface area contributed by atoms with E-state index >= 15 is 0 Å². The summed E-state index contributed by atoms with van der Waals surface area (Å²) in [5.74, 6) is 0.357. The number of aromatic amines is 1. The summed E-state index contributed by atoms with van der Waals surface area (Å²) in [5.41, 5.74) is 1.64. The van der Waals surface area contributed by atoms with Crippen LogP contribution in [-0.4, -0.2) is 34.5 Å². The van der Waals surface area contributed by atoms with Crippen molar-refractivity contribution in [1.29, 1.82) is 5.26 Å². The van der Waals surface area contributed by atoms with Crippen molar-refractivity contribution in [2.45, 2.75) is 30.8 Å².